The second kappa shape index (κ2) is 4.40. The quantitative estimate of drug-likeness (QED) is 0.801. The molecule has 19 heavy (non-hydrogen) atoms. The molecule has 1 aliphatic rings. The van der Waals surface area contributed by atoms with E-state index in [0.717, 1.165) is 10.9 Å². The summed E-state index contributed by atoms with van der Waals surface area (Å²) in [6.45, 7) is 0.198. The summed E-state index contributed by atoms with van der Waals surface area (Å²) >= 11 is 6.99. The second-order valence-corrected chi connectivity index (χ2v) is 5.35. The van der Waals surface area contributed by atoms with E-state index in [-0.39, 0.29) is 22.8 Å². The van der Waals surface area contributed by atoms with E-state index in [2.05, 4.69) is 4.98 Å². The van der Waals surface area contributed by atoms with E-state index in [1.165, 1.54) is 22.3 Å². The van der Waals surface area contributed by atoms with Crippen LogP contribution >= 0.6 is 22.9 Å². The molecule has 0 radical (unpaired) electrons. The van der Waals surface area contributed by atoms with E-state index in [0.29, 0.717) is 0 Å². The molecule has 0 atom stereocenters. The van der Waals surface area contributed by atoms with Crippen LogP contribution in [0, 0.1) is 5.82 Å². The number of carbonyl (C=O) groups excluding carboxylic acids is 2. The van der Waals surface area contributed by atoms with Crippen molar-refractivity contribution in [3.8, 4) is 0 Å². The summed E-state index contributed by atoms with van der Waals surface area (Å²) in [5, 5.41) is -0.167. The summed E-state index contributed by atoms with van der Waals surface area (Å²) in [5.41, 5.74) is 2.02. The number of fused-ring (bicyclic) bond motifs is 1. The lowest BCUT2D eigenvalue weighted by Crippen LogP contribution is -2.28. The lowest BCUT2D eigenvalue weighted by atomic mass is 10.1. The molecule has 0 saturated carbocycles. The van der Waals surface area contributed by atoms with Crippen LogP contribution in [0.25, 0.3) is 0 Å². The van der Waals surface area contributed by atoms with Crippen molar-refractivity contribution < 1.29 is 14.0 Å². The summed E-state index contributed by atoms with van der Waals surface area (Å²) < 4.78 is 13.5. The maximum Gasteiger partial charge on any atom is 0.299 e. The summed E-state index contributed by atoms with van der Waals surface area (Å²) in [6, 6.07) is 2.31. The zero-order valence-corrected chi connectivity index (χ0v) is 11.0. The predicted molar refractivity (Wildman–Crippen MR) is 69.0 cm³/mol. The Hall–Kier alpha value is -1.79. The van der Waals surface area contributed by atoms with Gasteiger partial charge in [0.05, 0.1) is 28.3 Å². The highest BCUT2D eigenvalue weighted by atomic mass is 35.5. The highest BCUT2D eigenvalue weighted by molar-refractivity contribution is 7.09. The number of nitrogens with zero attached hydrogens (tertiary/aromatic N) is 2. The second-order valence-electron chi connectivity index (χ2n) is 3.97. The lowest BCUT2D eigenvalue weighted by Gasteiger charge is -2.15. The number of rotatable bonds is 2. The molecule has 96 valence electrons. The van der Waals surface area contributed by atoms with E-state index in [4.69, 9.17) is 11.6 Å². The van der Waals surface area contributed by atoms with Crippen LogP contribution in [0.3, 0.4) is 0 Å². The van der Waals surface area contributed by atoms with Gasteiger partial charge in [-0.05, 0) is 12.1 Å². The fraction of sp³-hybridized carbons (Fsp3) is 0.0833. The summed E-state index contributed by atoms with van der Waals surface area (Å²) in [7, 11) is 0. The molecule has 0 saturated heterocycles. The number of aromatic nitrogens is 1. The molecule has 1 aromatic heterocycles. The van der Waals surface area contributed by atoms with Crippen molar-refractivity contribution in [2.75, 3.05) is 4.90 Å². The highest BCUT2D eigenvalue weighted by Crippen LogP contribution is 2.34. The van der Waals surface area contributed by atoms with Gasteiger partial charge in [0.1, 0.15) is 5.82 Å². The van der Waals surface area contributed by atoms with E-state index in [1.54, 1.807) is 11.7 Å². The first-order valence-electron chi connectivity index (χ1n) is 5.30. The van der Waals surface area contributed by atoms with Crippen molar-refractivity contribution in [1.29, 1.82) is 0 Å². The largest absolute Gasteiger partial charge is 0.299 e. The standard InChI is InChI=1S/C12H6ClFN2O2S/c13-8-1-7-10(2-9(8)14)16(12(18)11(7)17)4-6-3-15-5-19-6/h1-3,5H,4H2. The van der Waals surface area contributed by atoms with Gasteiger partial charge in [-0.15, -0.1) is 11.3 Å². The van der Waals surface area contributed by atoms with Gasteiger partial charge in [0, 0.05) is 11.1 Å². The Morgan fingerprint density at radius 2 is 2.16 bits per heavy atom. The van der Waals surface area contributed by atoms with E-state index >= 15 is 0 Å². The molecule has 2 heterocycles. The van der Waals surface area contributed by atoms with Gasteiger partial charge in [0.2, 0.25) is 0 Å². The molecule has 3 rings (SSSR count). The molecule has 1 aliphatic heterocycles. The number of halogens is 2. The number of anilines is 1. The third-order valence-corrected chi connectivity index (χ3v) is 3.86. The molecule has 0 aliphatic carbocycles. The molecule has 4 nitrogen and oxygen atoms in total. The smallest absolute Gasteiger partial charge is 0.299 e. The first-order chi connectivity index (χ1) is 9.08. The number of ketones is 1. The molecule has 0 bridgehead atoms. The fourth-order valence-corrected chi connectivity index (χ4v) is 2.67. The van der Waals surface area contributed by atoms with Crippen LogP contribution in [0.2, 0.25) is 5.02 Å². The minimum atomic E-state index is -0.676. The van der Waals surface area contributed by atoms with Crippen LogP contribution in [-0.4, -0.2) is 16.7 Å². The Morgan fingerprint density at radius 1 is 1.37 bits per heavy atom. The number of thiazole rings is 1. The highest BCUT2D eigenvalue weighted by Gasteiger charge is 2.36. The van der Waals surface area contributed by atoms with E-state index in [1.807, 2.05) is 0 Å². The zero-order chi connectivity index (χ0) is 13.6. The first kappa shape index (κ1) is 12.3. The van der Waals surface area contributed by atoms with Crippen molar-refractivity contribution in [2.24, 2.45) is 0 Å². The van der Waals surface area contributed by atoms with Crippen LogP contribution in [0.15, 0.2) is 23.8 Å². The van der Waals surface area contributed by atoms with Crippen molar-refractivity contribution in [3.05, 3.63) is 45.1 Å². The van der Waals surface area contributed by atoms with E-state index in [9.17, 15) is 14.0 Å². The molecule has 0 N–H and O–H groups in total. The maximum atomic E-state index is 13.5. The van der Waals surface area contributed by atoms with Crippen LogP contribution in [0.1, 0.15) is 15.2 Å². The topological polar surface area (TPSA) is 50.3 Å². The average Bonchev–Trinajstić information content (AvgIpc) is 2.96. The van der Waals surface area contributed by atoms with Crippen LogP contribution in [-0.2, 0) is 11.3 Å². The van der Waals surface area contributed by atoms with Gasteiger partial charge in [-0.25, -0.2) is 4.39 Å². The SMILES string of the molecule is O=C1C(=O)N(Cc2cncs2)c2cc(F)c(Cl)cc21. The van der Waals surface area contributed by atoms with Crippen LogP contribution in [0.5, 0.6) is 0 Å². The van der Waals surface area contributed by atoms with Crippen molar-refractivity contribution >= 4 is 40.3 Å². The van der Waals surface area contributed by atoms with Crippen LogP contribution in [0.4, 0.5) is 10.1 Å². The van der Waals surface area contributed by atoms with Crippen molar-refractivity contribution in [1.82, 2.24) is 4.98 Å². The van der Waals surface area contributed by atoms with Crippen molar-refractivity contribution in [2.45, 2.75) is 6.54 Å². The molecule has 7 heteroatoms. The molecule has 2 aromatic rings. The third kappa shape index (κ3) is 1.93. The van der Waals surface area contributed by atoms with E-state index < -0.39 is 17.5 Å². The Kier molecular flexibility index (Phi) is 2.83. The van der Waals surface area contributed by atoms with Crippen LogP contribution < -0.4 is 4.90 Å². The summed E-state index contributed by atoms with van der Waals surface area (Å²) in [5.74, 6) is -2.00. The molecular weight excluding hydrogens is 291 g/mol. The first-order valence-corrected chi connectivity index (χ1v) is 6.56. The monoisotopic (exact) mass is 296 g/mol. The molecule has 0 fully saturated rings. The Morgan fingerprint density at radius 3 is 2.84 bits per heavy atom. The van der Waals surface area contributed by atoms with Gasteiger partial charge < -0.3 is 0 Å². The Bertz CT molecular complexity index is 687. The molecule has 0 spiro atoms. The van der Waals surface area contributed by atoms with Gasteiger partial charge in [-0.3, -0.25) is 19.5 Å². The number of amides is 1. The number of carbonyl (C=O) groups is 2. The molecular formula is C12H6ClFN2O2S. The average molecular weight is 297 g/mol. The van der Waals surface area contributed by atoms with Crippen molar-refractivity contribution in [3.63, 3.8) is 0 Å². The minimum Gasteiger partial charge on any atom is -0.299 e. The fourth-order valence-electron chi connectivity index (χ4n) is 1.92. The number of benzene rings is 1. The minimum absolute atomic E-state index is 0.140. The number of Topliss-reactive ketones (excluding diaryl/α,β-unsaturated/α-hetero) is 1. The molecule has 1 aromatic carbocycles. The molecule has 0 unspecified atom stereocenters. The summed E-state index contributed by atoms with van der Waals surface area (Å²) in [6.07, 6.45) is 1.60. The lowest BCUT2D eigenvalue weighted by molar-refractivity contribution is -0.114. The molecule has 1 amide bonds. The number of hydrogen-bond donors (Lipinski definition) is 0. The van der Waals surface area contributed by atoms with Gasteiger partial charge in [-0.2, -0.15) is 0 Å². The zero-order valence-electron chi connectivity index (χ0n) is 9.39. The van der Waals surface area contributed by atoms with Gasteiger partial charge in [0.25, 0.3) is 11.7 Å². The Balaban J connectivity index is 2.06. The van der Waals surface area contributed by atoms with Gasteiger partial charge >= 0.3 is 0 Å². The maximum absolute atomic E-state index is 13.5. The predicted octanol–water partition coefficient (Wildman–Crippen LogP) is 2.67. The van der Waals surface area contributed by atoms with Gasteiger partial charge in [0.15, 0.2) is 0 Å². The number of hydrogen-bond acceptors (Lipinski definition) is 4. The Labute approximate surface area is 116 Å². The van der Waals surface area contributed by atoms with Gasteiger partial charge in [-0.1, -0.05) is 11.6 Å². The normalized spacial score (nSPS) is 14.1. The summed E-state index contributed by atoms with van der Waals surface area (Å²) in [4.78, 5) is 29.7. The third-order valence-electron chi connectivity index (χ3n) is 2.81.